The molecular weight excluding hydrogens is 364 g/mol. The minimum atomic E-state index is -0.789. The summed E-state index contributed by atoms with van der Waals surface area (Å²) in [6, 6.07) is 17.2. The lowest BCUT2D eigenvalue weighted by atomic mass is 10.0. The fraction of sp³-hybridized carbons (Fsp3) is 0.143. The van der Waals surface area contributed by atoms with Crippen LogP contribution in [0.4, 0.5) is 5.69 Å². The molecule has 0 saturated heterocycles. The van der Waals surface area contributed by atoms with E-state index in [1.165, 1.54) is 6.26 Å². The first-order valence-corrected chi connectivity index (χ1v) is 8.86. The highest BCUT2D eigenvalue weighted by Crippen LogP contribution is 2.23. The molecule has 1 aromatic heterocycles. The van der Waals surface area contributed by atoms with Gasteiger partial charge >= 0.3 is 0 Å². The molecule has 138 valence electrons. The summed E-state index contributed by atoms with van der Waals surface area (Å²) in [5.41, 5.74) is 2.41. The Hall–Kier alpha value is -3.05. The third-order valence-electron chi connectivity index (χ3n) is 4.03. The van der Waals surface area contributed by atoms with Crippen molar-refractivity contribution in [3.8, 4) is 0 Å². The molecule has 0 aliphatic carbocycles. The second-order valence-electron chi connectivity index (χ2n) is 6.17. The van der Waals surface area contributed by atoms with E-state index in [1.54, 1.807) is 24.3 Å². The molecule has 1 heterocycles. The normalized spacial score (nSPS) is 11.6. The molecule has 1 unspecified atom stereocenters. The van der Waals surface area contributed by atoms with Crippen LogP contribution in [-0.2, 0) is 11.2 Å². The van der Waals surface area contributed by atoms with Gasteiger partial charge < -0.3 is 15.1 Å². The first kappa shape index (κ1) is 18.7. The predicted molar refractivity (Wildman–Crippen MR) is 105 cm³/mol. The van der Waals surface area contributed by atoms with E-state index in [1.807, 2.05) is 43.3 Å². The Labute approximate surface area is 162 Å². The van der Waals surface area contributed by atoms with Crippen molar-refractivity contribution >= 4 is 29.1 Å². The highest BCUT2D eigenvalue weighted by atomic mass is 35.5. The maximum atomic E-state index is 12.8. The number of halogens is 1. The molecule has 0 saturated carbocycles. The third-order valence-corrected chi connectivity index (χ3v) is 4.34. The van der Waals surface area contributed by atoms with Crippen LogP contribution in [0.15, 0.2) is 71.3 Å². The molecule has 0 bridgehead atoms. The van der Waals surface area contributed by atoms with Gasteiger partial charge in [-0.15, -0.1) is 0 Å². The van der Waals surface area contributed by atoms with E-state index in [4.69, 9.17) is 16.0 Å². The van der Waals surface area contributed by atoms with Crippen LogP contribution < -0.4 is 10.6 Å². The summed E-state index contributed by atoms with van der Waals surface area (Å²) in [7, 11) is 0. The van der Waals surface area contributed by atoms with Gasteiger partial charge in [-0.1, -0.05) is 48.0 Å². The average Bonchev–Trinajstić information content (AvgIpc) is 3.19. The Morgan fingerprint density at radius 2 is 1.85 bits per heavy atom. The van der Waals surface area contributed by atoms with Crippen molar-refractivity contribution < 1.29 is 14.0 Å². The third kappa shape index (κ3) is 4.99. The van der Waals surface area contributed by atoms with Crippen molar-refractivity contribution in [3.63, 3.8) is 0 Å². The number of carbonyl (C=O) groups excluding carboxylic acids is 2. The lowest BCUT2D eigenvalue weighted by Gasteiger charge is -2.19. The molecule has 2 amide bonds. The van der Waals surface area contributed by atoms with Gasteiger partial charge in [-0.2, -0.15) is 0 Å². The van der Waals surface area contributed by atoms with Gasteiger partial charge in [-0.05, 0) is 42.3 Å². The Morgan fingerprint density at radius 1 is 1.07 bits per heavy atom. The Bertz CT molecular complexity index is 924. The highest BCUT2D eigenvalue weighted by Gasteiger charge is 2.23. The van der Waals surface area contributed by atoms with E-state index in [2.05, 4.69) is 10.6 Å². The number of furan rings is 1. The van der Waals surface area contributed by atoms with Crippen LogP contribution in [0.2, 0.25) is 5.02 Å². The van der Waals surface area contributed by atoms with Crippen molar-refractivity contribution in [2.45, 2.75) is 19.4 Å². The van der Waals surface area contributed by atoms with Crippen LogP contribution in [0.1, 0.15) is 21.7 Å². The van der Waals surface area contributed by atoms with E-state index in [9.17, 15) is 9.59 Å². The lowest BCUT2D eigenvalue weighted by molar-refractivity contribution is -0.118. The number of nitrogens with one attached hydrogen (secondary N) is 2. The van der Waals surface area contributed by atoms with Crippen LogP contribution in [0, 0.1) is 6.92 Å². The zero-order chi connectivity index (χ0) is 19.2. The molecule has 0 fully saturated rings. The molecule has 1 atom stereocenters. The molecule has 0 aliphatic heterocycles. The summed E-state index contributed by atoms with van der Waals surface area (Å²) < 4.78 is 5.11. The molecule has 2 N–H and O–H groups in total. The van der Waals surface area contributed by atoms with E-state index in [-0.39, 0.29) is 11.7 Å². The van der Waals surface area contributed by atoms with Gasteiger partial charge in [0.1, 0.15) is 6.04 Å². The standard InChI is InChI=1S/C21H19ClN2O3/c1-14-9-10-17(16(22)12-14)23-20(25)18(13-15-6-3-2-4-7-15)24-21(26)19-8-5-11-27-19/h2-12,18H,13H2,1H3,(H,23,25)(H,24,26). The quantitative estimate of drug-likeness (QED) is 0.670. The van der Waals surface area contributed by atoms with E-state index in [0.717, 1.165) is 11.1 Å². The maximum Gasteiger partial charge on any atom is 0.287 e. The number of hydrogen-bond acceptors (Lipinski definition) is 3. The number of benzene rings is 2. The second-order valence-corrected chi connectivity index (χ2v) is 6.57. The minimum Gasteiger partial charge on any atom is -0.459 e. The van der Waals surface area contributed by atoms with Gasteiger partial charge in [-0.3, -0.25) is 9.59 Å². The topological polar surface area (TPSA) is 71.3 Å². The van der Waals surface area contributed by atoms with Crippen molar-refractivity contribution in [2.24, 2.45) is 0 Å². The van der Waals surface area contributed by atoms with Crippen LogP contribution in [0.25, 0.3) is 0 Å². The molecule has 0 spiro atoms. The number of anilines is 1. The molecule has 5 nitrogen and oxygen atoms in total. The van der Waals surface area contributed by atoms with Crippen molar-refractivity contribution in [1.82, 2.24) is 5.32 Å². The number of aryl methyl sites for hydroxylation is 1. The first-order valence-electron chi connectivity index (χ1n) is 8.48. The number of carbonyl (C=O) groups is 2. The maximum absolute atomic E-state index is 12.8. The monoisotopic (exact) mass is 382 g/mol. The van der Waals surface area contributed by atoms with Gasteiger partial charge in [-0.25, -0.2) is 0 Å². The zero-order valence-corrected chi connectivity index (χ0v) is 15.5. The zero-order valence-electron chi connectivity index (χ0n) is 14.7. The summed E-state index contributed by atoms with van der Waals surface area (Å²) in [4.78, 5) is 25.2. The smallest absolute Gasteiger partial charge is 0.287 e. The summed E-state index contributed by atoms with van der Waals surface area (Å²) in [6.07, 6.45) is 1.75. The van der Waals surface area contributed by atoms with Gasteiger partial charge in [0.25, 0.3) is 5.91 Å². The SMILES string of the molecule is Cc1ccc(NC(=O)C(Cc2ccccc2)NC(=O)c2ccco2)c(Cl)c1. The number of rotatable bonds is 6. The highest BCUT2D eigenvalue weighted by molar-refractivity contribution is 6.33. The predicted octanol–water partition coefficient (Wildman–Crippen LogP) is 4.22. The molecule has 6 heteroatoms. The summed E-state index contributed by atoms with van der Waals surface area (Å²) >= 11 is 6.21. The van der Waals surface area contributed by atoms with Crippen LogP contribution in [-0.4, -0.2) is 17.9 Å². The largest absolute Gasteiger partial charge is 0.459 e. The molecule has 3 aromatic rings. The minimum absolute atomic E-state index is 0.147. The van der Waals surface area contributed by atoms with Crippen molar-refractivity contribution in [2.75, 3.05) is 5.32 Å². The van der Waals surface area contributed by atoms with Crippen LogP contribution in [0.3, 0.4) is 0 Å². The molecule has 2 aromatic carbocycles. The summed E-state index contributed by atoms with van der Waals surface area (Å²) in [6.45, 7) is 1.92. The fourth-order valence-corrected chi connectivity index (χ4v) is 2.92. The number of hydrogen-bond donors (Lipinski definition) is 2. The summed E-state index contributed by atoms with van der Waals surface area (Å²) in [5.74, 6) is -0.662. The summed E-state index contributed by atoms with van der Waals surface area (Å²) in [5, 5.41) is 5.97. The average molecular weight is 383 g/mol. The van der Waals surface area contributed by atoms with Gasteiger partial charge in [0, 0.05) is 6.42 Å². The molecule has 27 heavy (non-hydrogen) atoms. The Morgan fingerprint density at radius 3 is 2.52 bits per heavy atom. The number of amides is 2. The van der Waals surface area contributed by atoms with Gasteiger partial charge in [0.15, 0.2) is 5.76 Å². The van der Waals surface area contributed by atoms with Crippen molar-refractivity contribution in [1.29, 1.82) is 0 Å². The van der Waals surface area contributed by atoms with E-state index in [0.29, 0.717) is 17.1 Å². The van der Waals surface area contributed by atoms with E-state index < -0.39 is 11.9 Å². The second kappa shape index (κ2) is 8.56. The first-order chi connectivity index (χ1) is 13.0. The fourth-order valence-electron chi connectivity index (χ4n) is 2.64. The van der Waals surface area contributed by atoms with Crippen LogP contribution >= 0.6 is 11.6 Å². The van der Waals surface area contributed by atoms with Crippen molar-refractivity contribution in [3.05, 3.63) is 88.8 Å². The molecule has 0 radical (unpaired) electrons. The van der Waals surface area contributed by atoms with Gasteiger partial charge in [0.2, 0.25) is 5.91 Å². The Kier molecular flexibility index (Phi) is 5.94. The Balaban J connectivity index is 1.79. The van der Waals surface area contributed by atoms with Gasteiger partial charge in [0.05, 0.1) is 17.0 Å². The lowest BCUT2D eigenvalue weighted by Crippen LogP contribution is -2.45. The molecule has 0 aliphatic rings. The van der Waals surface area contributed by atoms with Crippen LogP contribution in [0.5, 0.6) is 0 Å². The molecular formula is C21H19ClN2O3. The van der Waals surface area contributed by atoms with E-state index >= 15 is 0 Å². The molecule has 3 rings (SSSR count).